The summed E-state index contributed by atoms with van der Waals surface area (Å²) in [6, 6.07) is 14.2. The van der Waals surface area contributed by atoms with E-state index in [1.807, 2.05) is 36.6 Å². The Morgan fingerprint density at radius 2 is 1.87 bits per heavy atom. The Labute approximate surface area is 143 Å². The van der Waals surface area contributed by atoms with E-state index in [0.717, 1.165) is 26.5 Å². The van der Waals surface area contributed by atoms with Crippen molar-refractivity contribution in [3.63, 3.8) is 0 Å². The zero-order chi connectivity index (χ0) is 16.6. The van der Waals surface area contributed by atoms with Gasteiger partial charge in [-0.15, -0.1) is 0 Å². The van der Waals surface area contributed by atoms with Crippen molar-refractivity contribution in [1.29, 1.82) is 0 Å². The molecule has 3 rings (SSSR count). The molecule has 3 nitrogen and oxygen atoms in total. The lowest BCUT2D eigenvalue weighted by Crippen LogP contribution is -2.11. The molecule has 0 spiro atoms. The molecule has 23 heavy (non-hydrogen) atoms. The van der Waals surface area contributed by atoms with Gasteiger partial charge in [0.05, 0.1) is 0 Å². The summed E-state index contributed by atoms with van der Waals surface area (Å²) in [7, 11) is 0. The van der Waals surface area contributed by atoms with E-state index in [1.54, 1.807) is 0 Å². The molecular formula is C19H18BrNO2. The third-order valence-corrected chi connectivity index (χ3v) is 4.64. The highest BCUT2D eigenvalue weighted by Gasteiger charge is 2.21. The third-order valence-electron chi connectivity index (χ3n) is 4.15. The Bertz CT molecular complexity index is 879. The van der Waals surface area contributed by atoms with Crippen molar-refractivity contribution < 1.29 is 9.90 Å². The molecule has 0 fully saturated rings. The third kappa shape index (κ3) is 2.91. The van der Waals surface area contributed by atoms with Crippen LogP contribution in [0.3, 0.4) is 0 Å². The Morgan fingerprint density at radius 3 is 2.48 bits per heavy atom. The largest absolute Gasteiger partial charge is 0.477 e. The van der Waals surface area contributed by atoms with Crippen LogP contribution in [0.4, 0.5) is 0 Å². The Kier molecular flexibility index (Phi) is 4.26. The molecule has 0 amide bonds. The average Bonchev–Trinajstić information content (AvgIpc) is 2.82. The molecule has 0 aliphatic heterocycles. The van der Waals surface area contributed by atoms with E-state index in [-0.39, 0.29) is 0 Å². The van der Waals surface area contributed by atoms with Crippen molar-refractivity contribution in [3.05, 3.63) is 69.3 Å². The SMILES string of the molecule is CCc1c(C(=O)O)n(Cc2ccc(C)cc2)c2ccc(Br)cc12. The molecule has 0 saturated heterocycles. The highest BCUT2D eigenvalue weighted by molar-refractivity contribution is 9.10. The predicted octanol–water partition coefficient (Wildman–Crippen LogP) is 5.02. The van der Waals surface area contributed by atoms with Crippen molar-refractivity contribution >= 4 is 32.8 Å². The number of carboxylic acids is 1. The number of benzene rings is 2. The van der Waals surface area contributed by atoms with E-state index in [4.69, 9.17) is 0 Å². The maximum atomic E-state index is 11.9. The van der Waals surface area contributed by atoms with Gasteiger partial charge < -0.3 is 9.67 Å². The molecule has 4 heteroatoms. The highest BCUT2D eigenvalue weighted by Crippen LogP contribution is 2.30. The fraction of sp³-hybridized carbons (Fsp3) is 0.211. The normalized spacial score (nSPS) is 11.1. The minimum Gasteiger partial charge on any atom is -0.477 e. The standard InChI is InChI=1S/C19H18BrNO2/c1-3-15-16-10-14(20)8-9-17(16)21(18(15)19(22)23)11-13-6-4-12(2)5-7-13/h4-10H,3,11H2,1-2H3,(H,22,23). The van der Waals surface area contributed by atoms with Crippen molar-refractivity contribution in [2.24, 2.45) is 0 Å². The van der Waals surface area contributed by atoms with Crippen LogP contribution in [-0.2, 0) is 13.0 Å². The smallest absolute Gasteiger partial charge is 0.352 e. The number of nitrogens with zero attached hydrogens (tertiary/aromatic N) is 1. The minimum atomic E-state index is -0.874. The monoisotopic (exact) mass is 371 g/mol. The number of hydrogen-bond donors (Lipinski definition) is 1. The van der Waals surface area contributed by atoms with Gasteiger partial charge in [-0.05, 0) is 42.7 Å². The maximum absolute atomic E-state index is 11.9. The first-order valence-corrected chi connectivity index (χ1v) is 8.40. The molecular weight excluding hydrogens is 354 g/mol. The molecule has 0 aliphatic rings. The lowest BCUT2D eigenvalue weighted by atomic mass is 10.1. The summed E-state index contributed by atoms with van der Waals surface area (Å²) in [6.45, 7) is 4.60. The van der Waals surface area contributed by atoms with E-state index >= 15 is 0 Å². The van der Waals surface area contributed by atoms with Gasteiger partial charge in [0.25, 0.3) is 0 Å². The summed E-state index contributed by atoms with van der Waals surface area (Å²) in [5, 5.41) is 10.7. The van der Waals surface area contributed by atoms with Crippen LogP contribution in [0.1, 0.15) is 34.1 Å². The minimum absolute atomic E-state index is 0.390. The molecule has 0 atom stereocenters. The number of aromatic carboxylic acids is 1. The molecule has 0 bridgehead atoms. The number of rotatable bonds is 4. The second-order valence-electron chi connectivity index (χ2n) is 5.72. The second kappa shape index (κ2) is 6.20. The zero-order valence-electron chi connectivity index (χ0n) is 13.1. The van der Waals surface area contributed by atoms with E-state index in [9.17, 15) is 9.90 Å². The van der Waals surface area contributed by atoms with Gasteiger partial charge >= 0.3 is 5.97 Å². The Morgan fingerprint density at radius 1 is 1.17 bits per heavy atom. The van der Waals surface area contributed by atoms with Crippen LogP contribution in [0.5, 0.6) is 0 Å². The summed E-state index contributed by atoms with van der Waals surface area (Å²) in [5.41, 5.74) is 4.54. The molecule has 0 aliphatic carbocycles. The molecule has 1 aromatic heterocycles. The van der Waals surface area contributed by atoms with E-state index in [0.29, 0.717) is 18.7 Å². The molecule has 0 radical (unpaired) electrons. The number of halogens is 1. The molecule has 2 aromatic carbocycles. The number of hydrogen-bond acceptors (Lipinski definition) is 1. The molecule has 118 valence electrons. The predicted molar refractivity (Wildman–Crippen MR) is 96.3 cm³/mol. The second-order valence-corrected chi connectivity index (χ2v) is 6.63. The van der Waals surface area contributed by atoms with Crippen LogP contribution in [-0.4, -0.2) is 15.6 Å². The highest BCUT2D eigenvalue weighted by atomic mass is 79.9. The first-order chi connectivity index (χ1) is 11.0. The number of carbonyl (C=O) groups is 1. The van der Waals surface area contributed by atoms with Crippen LogP contribution < -0.4 is 0 Å². The number of aryl methyl sites for hydroxylation is 2. The molecule has 0 saturated carbocycles. The summed E-state index contributed by atoms with van der Waals surface area (Å²) < 4.78 is 2.87. The van der Waals surface area contributed by atoms with E-state index in [1.165, 1.54) is 5.56 Å². The van der Waals surface area contributed by atoms with Gasteiger partial charge in [0.15, 0.2) is 0 Å². The van der Waals surface area contributed by atoms with Crippen molar-refractivity contribution in [3.8, 4) is 0 Å². The van der Waals surface area contributed by atoms with Crippen molar-refractivity contribution in [2.45, 2.75) is 26.8 Å². The molecule has 1 N–H and O–H groups in total. The first kappa shape index (κ1) is 15.8. The lowest BCUT2D eigenvalue weighted by molar-refractivity contribution is 0.0685. The van der Waals surface area contributed by atoms with Crippen LogP contribution in [0.15, 0.2) is 46.9 Å². The average molecular weight is 372 g/mol. The van der Waals surface area contributed by atoms with Crippen LogP contribution in [0.2, 0.25) is 0 Å². The lowest BCUT2D eigenvalue weighted by Gasteiger charge is -2.09. The van der Waals surface area contributed by atoms with E-state index < -0.39 is 5.97 Å². The van der Waals surface area contributed by atoms with Gasteiger partial charge in [-0.1, -0.05) is 52.7 Å². The summed E-state index contributed by atoms with van der Waals surface area (Å²) in [4.78, 5) is 11.9. The van der Waals surface area contributed by atoms with Crippen molar-refractivity contribution in [2.75, 3.05) is 0 Å². The molecule has 1 heterocycles. The van der Waals surface area contributed by atoms with Gasteiger partial charge in [-0.2, -0.15) is 0 Å². The van der Waals surface area contributed by atoms with Gasteiger partial charge in [-0.25, -0.2) is 4.79 Å². The van der Waals surface area contributed by atoms with Gasteiger partial charge in [-0.3, -0.25) is 0 Å². The van der Waals surface area contributed by atoms with Gasteiger partial charge in [0.1, 0.15) is 5.69 Å². The zero-order valence-corrected chi connectivity index (χ0v) is 14.7. The van der Waals surface area contributed by atoms with Crippen LogP contribution in [0.25, 0.3) is 10.9 Å². The topological polar surface area (TPSA) is 42.2 Å². The van der Waals surface area contributed by atoms with E-state index in [2.05, 4.69) is 40.2 Å². The molecule has 3 aromatic rings. The summed E-state index contributed by atoms with van der Waals surface area (Å²) >= 11 is 3.48. The Hall–Kier alpha value is -2.07. The first-order valence-electron chi connectivity index (χ1n) is 7.60. The number of fused-ring (bicyclic) bond motifs is 1. The van der Waals surface area contributed by atoms with Crippen LogP contribution >= 0.6 is 15.9 Å². The quantitative estimate of drug-likeness (QED) is 0.699. The summed E-state index contributed by atoms with van der Waals surface area (Å²) in [5.74, 6) is -0.874. The summed E-state index contributed by atoms with van der Waals surface area (Å²) in [6.07, 6.45) is 0.690. The van der Waals surface area contributed by atoms with Gasteiger partial charge in [0.2, 0.25) is 0 Å². The maximum Gasteiger partial charge on any atom is 0.352 e. The van der Waals surface area contributed by atoms with Crippen molar-refractivity contribution in [1.82, 2.24) is 4.57 Å². The fourth-order valence-electron chi connectivity index (χ4n) is 3.04. The van der Waals surface area contributed by atoms with Crippen LogP contribution in [0, 0.1) is 6.92 Å². The van der Waals surface area contributed by atoms with Gasteiger partial charge in [0, 0.05) is 21.9 Å². The number of carboxylic acid groups (broad SMARTS) is 1. The number of aromatic nitrogens is 1. The Balaban J connectivity index is 2.23. The fourth-order valence-corrected chi connectivity index (χ4v) is 3.40. The molecule has 0 unspecified atom stereocenters.